The fourth-order valence-electron chi connectivity index (χ4n) is 3.63. The van der Waals surface area contributed by atoms with Crippen LogP contribution in [0, 0.1) is 0 Å². The molecule has 3 aromatic rings. The summed E-state index contributed by atoms with van der Waals surface area (Å²) < 4.78 is 17.2. The van der Waals surface area contributed by atoms with Gasteiger partial charge in [0.05, 0.1) is 25.2 Å². The molecule has 0 heterocycles. The molecule has 4 rings (SSSR count). The van der Waals surface area contributed by atoms with Crippen LogP contribution < -0.4 is 14.2 Å². The quantitative estimate of drug-likeness (QED) is 0.652. The standard InChI is InChI=1S/C22H20O4/c1-24-17-12-13-20(22-15(17)8-5-9-16(22)23)26-19-11-4-7-14-6-3-10-18(25-2)21(14)19/h3-4,6-7,10-13H,5,8-9H2,1-2H3. The zero-order valence-electron chi connectivity index (χ0n) is 14.9. The predicted molar refractivity (Wildman–Crippen MR) is 101 cm³/mol. The summed E-state index contributed by atoms with van der Waals surface area (Å²) in [6, 6.07) is 15.4. The Labute approximate surface area is 152 Å². The van der Waals surface area contributed by atoms with Crippen LogP contribution in [0.3, 0.4) is 0 Å². The molecule has 0 aromatic heterocycles. The van der Waals surface area contributed by atoms with Gasteiger partial charge in [-0.1, -0.05) is 24.3 Å². The van der Waals surface area contributed by atoms with E-state index in [-0.39, 0.29) is 5.78 Å². The van der Waals surface area contributed by atoms with Crippen LogP contribution in [0.1, 0.15) is 28.8 Å². The lowest BCUT2D eigenvalue weighted by Crippen LogP contribution is -2.13. The van der Waals surface area contributed by atoms with Crippen LogP contribution in [0.15, 0.2) is 48.5 Å². The first-order valence-electron chi connectivity index (χ1n) is 8.69. The molecule has 0 aliphatic heterocycles. The molecule has 132 valence electrons. The zero-order valence-corrected chi connectivity index (χ0v) is 14.9. The average Bonchev–Trinajstić information content (AvgIpc) is 2.68. The first kappa shape index (κ1) is 16.5. The van der Waals surface area contributed by atoms with E-state index in [4.69, 9.17) is 14.2 Å². The first-order chi connectivity index (χ1) is 12.7. The third-order valence-corrected chi connectivity index (χ3v) is 4.83. The molecule has 0 radical (unpaired) electrons. The summed E-state index contributed by atoms with van der Waals surface area (Å²) in [4.78, 5) is 12.6. The van der Waals surface area contributed by atoms with Crippen molar-refractivity contribution in [3.63, 3.8) is 0 Å². The lowest BCUT2D eigenvalue weighted by molar-refractivity contribution is 0.0969. The van der Waals surface area contributed by atoms with Crippen molar-refractivity contribution >= 4 is 16.6 Å². The average molecular weight is 348 g/mol. The van der Waals surface area contributed by atoms with E-state index in [1.54, 1.807) is 14.2 Å². The number of Topliss-reactive ketones (excluding diaryl/α,β-unsaturated/α-hetero) is 1. The Morgan fingerprint density at radius 2 is 1.46 bits per heavy atom. The van der Waals surface area contributed by atoms with Crippen molar-refractivity contribution in [1.82, 2.24) is 0 Å². The topological polar surface area (TPSA) is 44.8 Å². The zero-order chi connectivity index (χ0) is 18.1. The van der Waals surface area contributed by atoms with Gasteiger partial charge in [-0.15, -0.1) is 0 Å². The Kier molecular flexibility index (Phi) is 4.25. The Balaban J connectivity index is 1.87. The van der Waals surface area contributed by atoms with Crippen LogP contribution in [0.2, 0.25) is 0 Å². The summed E-state index contributed by atoms with van der Waals surface area (Å²) >= 11 is 0. The number of methoxy groups -OCH3 is 2. The third kappa shape index (κ3) is 2.68. The van der Waals surface area contributed by atoms with Gasteiger partial charge in [-0.3, -0.25) is 4.79 Å². The number of ether oxygens (including phenoxy) is 3. The molecule has 1 aliphatic rings. The fraction of sp³-hybridized carbons (Fsp3) is 0.227. The molecule has 0 bridgehead atoms. The summed E-state index contributed by atoms with van der Waals surface area (Å²) in [6.07, 6.45) is 2.20. The Hall–Kier alpha value is -3.01. The van der Waals surface area contributed by atoms with Crippen molar-refractivity contribution in [3.8, 4) is 23.0 Å². The van der Waals surface area contributed by atoms with Gasteiger partial charge >= 0.3 is 0 Å². The number of hydrogen-bond donors (Lipinski definition) is 0. The largest absolute Gasteiger partial charge is 0.496 e. The molecule has 0 saturated heterocycles. The molecule has 0 spiro atoms. The molecule has 0 saturated carbocycles. The van der Waals surface area contributed by atoms with Crippen LogP contribution in [0.25, 0.3) is 10.8 Å². The van der Waals surface area contributed by atoms with Gasteiger partial charge in [0.2, 0.25) is 0 Å². The van der Waals surface area contributed by atoms with Crippen molar-refractivity contribution in [1.29, 1.82) is 0 Å². The van der Waals surface area contributed by atoms with Crippen molar-refractivity contribution in [2.75, 3.05) is 14.2 Å². The van der Waals surface area contributed by atoms with Gasteiger partial charge in [0.25, 0.3) is 0 Å². The highest BCUT2D eigenvalue weighted by molar-refractivity contribution is 6.02. The second-order valence-corrected chi connectivity index (χ2v) is 6.31. The van der Waals surface area contributed by atoms with Crippen molar-refractivity contribution in [2.45, 2.75) is 19.3 Å². The van der Waals surface area contributed by atoms with Crippen LogP contribution in [0.5, 0.6) is 23.0 Å². The lowest BCUT2D eigenvalue weighted by atomic mass is 9.89. The van der Waals surface area contributed by atoms with Crippen molar-refractivity contribution in [2.24, 2.45) is 0 Å². The summed E-state index contributed by atoms with van der Waals surface area (Å²) in [7, 11) is 3.27. The maximum Gasteiger partial charge on any atom is 0.167 e. The second-order valence-electron chi connectivity index (χ2n) is 6.31. The summed E-state index contributed by atoms with van der Waals surface area (Å²) in [5, 5.41) is 1.92. The molecule has 0 N–H and O–H groups in total. The number of carbonyl (C=O) groups excluding carboxylic acids is 1. The fourth-order valence-corrected chi connectivity index (χ4v) is 3.63. The Morgan fingerprint density at radius 3 is 2.19 bits per heavy atom. The minimum atomic E-state index is 0.104. The maximum absolute atomic E-state index is 12.6. The minimum Gasteiger partial charge on any atom is -0.496 e. The molecule has 1 aliphatic carbocycles. The van der Waals surface area contributed by atoms with Gasteiger partial charge in [-0.25, -0.2) is 0 Å². The summed E-state index contributed by atoms with van der Waals surface area (Å²) in [5.41, 5.74) is 1.58. The highest BCUT2D eigenvalue weighted by Crippen LogP contribution is 2.41. The number of rotatable bonds is 4. The molecular weight excluding hydrogens is 328 g/mol. The van der Waals surface area contributed by atoms with Gasteiger partial charge in [0.1, 0.15) is 23.0 Å². The van der Waals surface area contributed by atoms with Gasteiger partial charge < -0.3 is 14.2 Å². The van der Waals surface area contributed by atoms with E-state index in [9.17, 15) is 4.79 Å². The summed E-state index contributed by atoms with van der Waals surface area (Å²) in [5.74, 6) is 2.84. The molecule has 4 nitrogen and oxygen atoms in total. The van der Waals surface area contributed by atoms with E-state index < -0.39 is 0 Å². The summed E-state index contributed by atoms with van der Waals surface area (Å²) in [6.45, 7) is 0. The normalized spacial score (nSPS) is 13.4. The maximum atomic E-state index is 12.6. The van der Waals surface area contributed by atoms with Gasteiger partial charge in [0, 0.05) is 12.0 Å². The lowest BCUT2D eigenvalue weighted by Gasteiger charge is -2.21. The third-order valence-electron chi connectivity index (χ3n) is 4.83. The van der Waals surface area contributed by atoms with E-state index in [0.717, 1.165) is 40.7 Å². The van der Waals surface area contributed by atoms with E-state index in [1.165, 1.54) is 0 Å². The monoisotopic (exact) mass is 348 g/mol. The highest BCUT2D eigenvalue weighted by atomic mass is 16.5. The molecular formula is C22H20O4. The Morgan fingerprint density at radius 1 is 0.769 bits per heavy atom. The number of hydrogen-bond acceptors (Lipinski definition) is 4. The first-order valence-corrected chi connectivity index (χ1v) is 8.69. The molecule has 3 aromatic carbocycles. The van der Waals surface area contributed by atoms with Crippen LogP contribution in [-0.4, -0.2) is 20.0 Å². The molecule has 0 unspecified atom stereocenters. The van der Waals surface area contributed by atoms with Gasteiger partial charge in [-0.05, 0) is 42.5 Å². The van der Waals surface area contributed by atoms with Crippen LogP contribution in [-0.2, 0) is 6.42 Å². The van der Waals surface area contributed by atoms with E-state index in [2.05, 4.69) is 0 Å². The molecule has 0 fully saturated rings. The number of fused-ring (bicyclic) bond motifs is 2. The smallest absolute Gasteiger partial charge is 0.167 e. The van der Waals surface area contributed by atoms with Gasteiger partial charge in [0.15, 0.2) is 5.78 Å². The van der Waals surface area contributed by atoms with E-state index >= 15 is 0 Å². The Bertz CT molecular complexity index is 986. The molecule has 4 heteroatoms. The van der Waals surface area contributed by atoms with Crippen LogP contribution >= 0.6 is 0 Å². The van der Waals surface area contributed by atoms with E-state index in [0.29, 0.717) is 23.5 Å². The number of benzene rings is 3. The molecule has 0 amide bonds. The minimum absolute atomic E-state index is 0.104. The predicted octanol–water partition coefficient (Wildman–Crippen LogP) is 5.17. The van der Waals surface area contributed by atoms with Crippen LogP contribution in [0.4, 0.5) is 0 Å². The number of carbonyl (C=O) groups is 1. The second kappa shape index (κ2) is 6.71. The van der Waals surface area contributed by atoms with E-state index in [1.807, 2.05) is 48.5 Å². The SMILES string of the molecule is COc1ccc(Oc2cccc3cccc(OC)c23)c2c1CCCC2=O. The highest BCUT2D eigenvalue weighted by Gasteiger charge is 2.25. The van der Waals surface area contributed by atoms with Crippen molar-refractivity contribution < 1.29 is 19.0 Å². The molecule has 0 atom stereocenters. The molecule has 26 heavy (non-hydrogen) atoms. The van der Waals surface area contributed by atoms with Gasteiger partial charge in [-0.2, -0.15) is 0 Å². The number of ketones is 1. The van der Waals surface area contributed by atoms with Crippen molar-refractivity contribution in [3.05, 3.63) is 59.7 Å².